The van der Waals surface area contributed by atoms with Crippen LogP contribution in [0.15, 0.2) is 16.9 Å². The van der Waals surface area contributed by atoms with Crippen molar-refractivity contribution in [3.8, 4) is 0 Å². The molecule has 0 aromatic carbocycles. The Morgan fingerprint density at radius 1 is 1.53 bits per heavy atom. The molecule has 0 aliphatic carbocycles. The molecule has 84 valence electrons. The molecule has 15 heavy (non-hydrogen) atoms. The van der Waals surface area contributed by atoms with Crippen molar-refractivity contribution in [3.63, 3.8) is 0 Å². The van der Waals surface area contributed by atoms with E-state index in [1.807, 2.05) is 6.07 Å². The molecule has 1 unspecified atom stereocenters. The first kappa shape index (κ1) is 10.6. The van der Waals surface area contributed by atoms with Crippen molar-refractivity contribution in [1.29, 1.82) is 0 Å². The van der Waals surface area contributed by atoms with Crippen LogP contribution in [0.4, 0.5) is 0 Å². The zero-order valence-corrected chi connectivity index (χ0v) is 9.28. The fourth-order valence-corrected chi connectivity index (χ4v) is 2.15. The minimum atomic E-state index is 0.678. The molecule has 1 aliphatic heterocycles. The van der Waals surface area contributed by atoms with Crippen molar-refractivity contribution in [1.82, 2.24) is 15.4 Å². The highest BCUT2D eigenvalue weighted by Gasteiger charge is 2.17. The molecule has 2 rings (SSSR count). The second-order valence-electron chi connectivity index (χ2n) is 4.24. The molecular formula is C11H19N3O. The Labute approximate surface area is 90.6 Å². The molecule has 1 aromatic rings. The highest BCUT2D eigenvalue weighted by atomic mass is 16.5. The molecule has 1 atom stereocenters. The Bertz CT molecular complexity index is 265. The van der Waals surface area contributed by atoms with Gasteiger partial charge in [0.15, 0.2) is 0 Å². The normalized spacial score (nSPS) is 22.9. The first-order chi connectivity index (χ1) is 7.36. The molecule has 1 fully saturated rings. The molecule has 4 nitrogen and oxygen atoms in total. The van der Waals surface area contributed by atoms with Gasteiger partial charge in [-0.05, 0) is 39.4 Å². The average molecular weight is 209 g/mol. The van der Waals surface area contributed by atoms with E-state index in [0.29, 0.717) is 6.04 Å². The molecule has 4 heteroatoms. The van der Waals surface area contributed by atoms with Gasteiger partial charge in [0.2, 0.25) is 0 Å². The molecule has 1 aliphatic rings. The van der Waals surface area contributed by atoms with E-state index in [4.69, 9.17) is 4.52 Å². The van der Waals surface area contributed by atoms with Crippen LogP contribution in [0.1, 0.15) is 25.0 Å². The van der Waals surface area contributed by atoms with E-state index in [9.17, 15) is 0 Å². The van der Waals surface area contributed by atoms with E-state index in [1.54, 1.807) is 6.26 Å². The topological polar surface area (TPSA) is 41.3 Å². The molecule has 2 heterocycles. The van der Waals surface area contributed by atoms with E-state index < -0.39 is 0 Å². The van der Waals surface area contributed by atoms with Gasteiger partial charge >= 0.3 is 0 Å². The number of aromatic nitrogens is 1. The standard InChI is InChI=1S/C11H19N3O/c1-14(9-10-5-8-15-13-10)11-3-2-6-12-7-4-11/h5,8,11-12H,2-4,6-7,9H2,1H3. The lowest BCUT2D eigenvalue weighted by Gasteiger charge is -2.25. The Kier molecular flexibility index (Phi) is 3.75. The number of nitrogens with one attached hydrogen (secondary N) is 1. The maximum atomic E-state index is 4.84. The Morgan fingerprint density at radius 3 is 3.27 bits per heavy atom. The highest BCUT2D eigenvalue weighted by molar-refractivity contribution is 4.95. The maximum Gasteiger partial charge on any atom is 0.124 e. The summed E-state index contributed by atoms with van der Waals surface area (Å²) in [5.41, 5.74) is 1.02. The summed E-state index contributed by atoms with van der Waals surface area (Å²) in [7, 11) is 2.17. The quantitative estimate of drug-likeness (QED) is 0.813. The monoisotopic (exact) mass is 209 g/mol. The predicted molar refractivity (Wildman–Crippen MR) is 58.5 cm³/mol. The summed E-state index contributed by atoms with van der Waals surface area (Å²) < 4.78 is 4.84. The fourth-order valence-electron chi connectivity index (χ4n) is 2.15. The van der Waals surface area contributed by atoms with Crippen LogP contribution in [0.3, 0.4) is 0 Å². The van der Waals surface area contributed by atoms with Gasteiger partial charge in [0.05, 0.1) is 5.69 Å². The summed E-state index contributed by atoms with van der Waals surface area (Å²) in [4.78, 5) is 2.38. The second-order valence-corrected chi connectivity index (χ2v) is 4.24. The van der Waals surface area contributed by atoms with Crippen LogP contribution < -0.4 is 5.32 Å². The highest BCUT2D eigenvalue weighted by Crippen LogP contribution is 2.13. The van der Waals surface area contributed by atoms with Crippen molar-refractivity contribution in [2.24, 2.45) is 0 Å². The Balaban J connectivity index is 1.86. The fraction of sp³-hybridized carbons (Fsp3) is 0.727. The van der Waals surface area contributed by atoms with E-state index in [1.165, 1.54) is 19.3 Å². The molecule has 0 radical (unpaired) electrons. The second kappa shape index (κ2) is 5.28. The third-order valence-electron chi connectivity index (χ3n) is 3.07. The molecule has 1 N–H and O–H groups in total. The van der Waals surface area contributed by atoms with Gasteiger partial charge in [0.1, 0.15) is 6.26 Å². The summed E-state index contributed by atoms with van der Waals surface area (Å²) in [6.07, 6.45) is 5.42. The lowest BCUT2D eigenvalue weighted by atomic mass is 10.1. The molecule has 0 spiro atoms. The van der Waals surface area contributed by atoms with Crippen LogP contribution in [0.2, 0.25) is 0 Å². The zero-order chi connectivity index (χ0) is 10.5. The number of hydrogen-bond donors (Lipinski definition) is 1. The third-order valence-corrected chi connectivity index (χ3v) is 3.07. The van der Waals surface area contributed by atoms with Gasteiger partial charge in [-0.15, -0.1) is 0 Å². The lowest BCUT2D eigenvalue weighted by Crippen LogP contribution is -2.32. The van der Waals surface area contributed by atoms with Crippen LogP contribution >= 0.6 is 0 Å². The zero-order valence-electron chi connectivity index (χ0n) is 9.28. The van der Waals surface area contributed by atoms with Crippen LogP contribution in [-0.2, 0) is 6.54 Å². The number of rotatable bonds is 3. The van der Waals surface area contributed by atoms with Crippen LogP contribution in [0, 0.1) is 0 Å². The largest absolute Gasteiger partial charge is 0.364 e. The van der Waals surface area contributed by atoms with Crippen molar-refractivity contribution in [2.45, 2.75) is 31.8 Å². The van der Waals surface area contributed by atoms with Gasteiger partial charge in [-0.3, -0.25) is 4.90 Å². The van der Waals surface area contributed by atoms with Crippen molar-refractivity contribution >= 4 is 0 Å². The van der Waals surface area contributed by atoms with Crippen molar-refractivity contribution in [3.05, 3.63) is 18.0 Å². The first-order valence-corrected chi connectivity index (χ1v) is 5.66. The van der Waals surface area contributed by atoms with Crippen molar-refractivity contribution < 1.29 is 4.52 Å². The van der Waals surface area contributed by atoms with Crippen LogP contribution in [-0.4, -0.2) is 36.2 Å². The van der Waals surface area contributed by atoms with Gasteiger partial charge in [-0.1, -0.05) is 5.16 Å². The van der Waals surface area contributed by atoms with Gasteiger partial charge in [-0.2, -0.15) is 0 Å². The Hall–Kier alpha value is -0.870. The van der Waals surface area contributed by atoms with Gasteiger partial charge in [0, 0.05) is 18.7 Å². The third kappa shape index (κ3) is 3.04. The smallest absolute Gasteiger partial charge is 0.124 e. The van der Waals surface area contributed by atoms with Gasteiger partial charge in [0.25, 0.3) is 0 Å². The molecule has 0 saturated carbocycles. The number of hydrogen-bond acceptors (Lipinski definition) is 4. The summed E-state index contributed by atoms with van der Waals surface area (Å²) in [5, 5.41) is 7.37. The summed E-state index contributed by atoms with van der Waals surface area (Å²) >= 11 is 0. The summed E-state index contributed by atoms with van der Waals surface area (Å²) in [6, 6.07) is 2.61. The minimum Gasteiger partial charge on any atom is -0.364 e. The predicted octanol–water partition coefficient (Wildman–Crippen LogP) is 1.25. The van der Waals surface area contributed by atoms with E-state index in [-0.39, 0.29) is 0 Å². The van der Waals surface area contributed by atoms with Crippen molar-refractivity contribution in [2.75, 3.05) is 20.1 Å². The van der Waals surface area contributed by atoms with Gasteiger partial charge in [-0.25, -0.2) is 0 Å². The number of nitrogens with zero attached hydrogens (tertiary/aromatic N) is 2. The van der Waals surface area contributed by atoms with E-state index >= 15 is 0 Å². The average Bonchev–Trinajstić information content (AvgIpc) is 2.58. The van der Waals surface area contributed by atoms with Crippen LogP contribution in [0.5, 0.6) is 0 Å². The first-order valence-electron chi connectivity index (χ1n) is 5.66. The molecule has 1 saturated heterocycles. The SMILES string of the molecule is CN(Cc1ccon1)C1CCCNCC1. The molecular weight excluding hydrogens is 190 g/mol. The van der Waals surface area contributed by atoms with Crippen LogP contribution in [0.25, 0.3) is 0 Å². The summed E-state index contributed by atoms with van der Waals surface area (Å²) in [6.45, 7) is 3.18. The lowest BCUT2D eigenvalue weighted by molar-refractivity contribution is 0.211. The Morgan fingerprint density at radius 2 is 2.47 bits per heavy atom. The van der Waals surface area contributed by atoms with E-state index in [2.05, 4.69) is 22.4 Å². The molecule has 1 aromatic heterocycles. The summed E-state index contributed by atoms with van der Waals surface area (Å²) in [5.74, 6) is 0. The molecule has 0 amide bonds. The van der Waals surface area contributed by atoms with E-state index in [0.717, 1.165) is 25.3 Å². The van der Waals surface area contributed by atoms with Gasteiger partial charge < -0.3 is 9.84 Å². The molecule has 0 bridgehead atoms. The maximum absolute atomic E-state index is 4.84. The minimum absolute atomic E-state index is 0.678.